The molecule has 3 nitrogen and oxygen atoms in total. The third-order valence-corrected chi connectivity index (χ3v) is 7.48. The molecule has 0 N–H and O–H groups in total. The Balaban J connectivity index is 1.38. The molecule has 0 spiro atoms. The molecule has 2 fully saturated rings. The van der Waals surface area contributed by atoms with Crippen molar-refractivity contribution in [1.82, 2.24) is 0 Å². The summed E-state index contributed by atoms with van der Waals surface area (Å²) in [7, 11) is 0. The van der Waals surface area contributed by atoms with Crippen LogP contribution in [-0.2, 0) is 0 Å². The van der Waals surface area contributed by atoms with Crippen molar-refractivity contribution in [1.29, 1.82) is 0 Å². The van der Waals surface area contributed by atoms with E-state index < -0.39 is 11.8 Å². The van der Waals surface area contributed by atoms with E-state index in [1.807, 2.05) is 6.92 Å². The molecule has 35 heavy (non-hydrogen) atoms. The molecule has 0 aromatic heterocycles. The molecule has 0 amide bonds. The van der Waals surface area contributed by atoms with Crippen LogP contribution < -0.4 is 9.47 Å². The first-order valence-electron chi connectivity index (χ1n) is 12.7. The van der Waals surface area contributed by atoms with Crippen LogP contribution in [0.25, 0.3) is 0 Å². The molecular formula is C30H34F2O3. The molecular weight excluding hydrogens is 446 g/mol. The average molecular weight is 481 g/mol. The van der Waals surface area contributed by atoms with Crippen molar-refractivity contribution in [2.24, 2.45) is 17.8 Å². The highest BCUT2D eigenvalue weighted by molar-refractivity contribution is 5.91. The summed E-state index contributed by atoms with van der Waals surface area (Å²) in [6.45, 7) is 4.18. The molecule has 4 rings (SSSR count). The van der Waals surface area contributed by atoms with Gasteiger partial charge in [0.1, 0.15) is 18.2 Å². The van der Waals surface area contributed by atoms with E-state index in [-0.39, 0.29) is 35.4 Å². The Labute approximate surface area is 206 Å². The number of hydrogen-bond donors (Lipinski definition) is 0. The highest BCUT2D eigenvalue weighted by Gasteiger charge is 2.36. The van der Waals surface area contributed by atoms with Gasteiger partial charge in [0.2, 0.25) is 0 Å². The summed E-state index contributed by atoms with van der Waals surface area (Å²) >= 11 is 0. The molecule has 2 aliphatic rings. The lowest BCUT2D eigenvalue weighted by molar-refractivity contribution is 0.0733. The number of carbonyl (C=O) groups excluding carboxylic acids is 1. The molecule has 5 heteroatoms. The van der Waals surface area contributed by atoms with Gasteiger partial charge in [0.05, 0.1) is 5.56 Å². The van der Waals surface area contributed by atoms with Crippen LogP contribution in [0.3, 0.4) is 0 Å². The van der Waals surface area contributed by atoms with Gasteiger partial charge < -0.3 is 9.47 Å². The van der Waals surface area contributed by atoms with Crippen LogP contribution in [0, 0.1) is 29.4 Å². The monoisotopic (exact) mass is 480 g/mol. The summed E-state index contributed by atoms with van der Waals surface area (Å²) in [6.07, 6.45) is 14.8. The zero-order valence-electron chi connectivity index (χ0n) is 20.5. The molecule has 4 unspecified atom stereocenters. The molecule has 0 saturated heterocycles. The van der Waals surface area contributed by atoms with E-state index in [0.29, 0.717) is 17.4 Å². The van der Waals surface area contributed by atoms with Gasteiger partial charge in [-0.2, -0.15) is 0 Å². The van der Waals surface area contributed by atoms with Gasteiger partial charge in [0.25, 0.3) is 0 Å². The lowest BCUT2D eigenvalue weighted by atomic mass is 9.64. The smallest absolute Gasteiger partial charge is 0.343 e. The standard InChI is InChI=1S/C30H34F2O3/c1-3-5-15-34-29-14-12-25(19-28(29)32)35-30(33)24-11-13-26(27(31)18-24)23-10-9-21-16-20(6-4-2)7-8-22(21)17-23/h3-6,11-14,18-23H,7-10,15-17H2,1-2H3/b5-3+,6-4+. The zero-order valence-corrected chi connectivity index (χ0v) is 20.5. The van der Waals surface area contributed by atoms with E-state index in [1.54, 1.807) is 24.3 Å². The van der Waals surface area contributed by atoms with E-state index in [9.17, 15) is 9.18 Å². The minimum atomic E-state index is -0.719. The molecule has 0 heterocycles. The van der Waals surface area contributed by atoms with Gasteiger partial charge in [-0.05, 0) is 106 Å². The maximum absolute atomic E-state index is 15.1. The second-order valence-corrected chi connectivity index (χ2v) is 9.73. The predicted octanol–water partition coefficient (Wildman–Crippen LogP) is 8.02. The fourth-order valence-electron chi connectivity index (χ4n) is 5.70. The Morgan fingerprint density at radius 1 is 0.943 bits per heavy atom. The van der Waals surface area contributed by atoms with E-state index in [1.165, 1.54) is 37.5 Å². The number of rotatable bonds is 7. The first-order chi connectivity index (χ1) is 17.0. The van der Waals surface area contributed by atoms with Crippen LogP contribution >= 0.6 is 0 Å². The van der Waals surface area contributed by atoms with Crippen molar-refractivity contribution >= 4 is 5.97 Å². The molecule has 2 saturated carbocycles. The van der Waals surface area contributed by atoms with Gasteiger partial charge >= 0.3 is 5.97 Å². The number of halogens is 2. The third-order valence-electron chi connectivity index (χ3n) is 7.48. The molecule has 0 radical (unpaired) electrons. The van der Waals surface area contributed by atoms with E-state index in [4.69, 9.17) is 9.47 Å². The van der Waals surface area contributed by atoms with Gasteiger partial charge in [-0.1, -0.05) is 30.4 Å². The summed E-state index contributed by atoms with van der Waals surface area (Å²) in [5, 5.41) is 0. The number of carbonyl (C=O) groups is 1. The largest absolute Gasteiger partial charge is 0.486 e. The quantitative estimate of drug-likeness (QED) is 0.229. The number of benzene rings is 2. The molecule has 0 bridgehead atoms. The van der Waals surface area contributed by atoms with Crippen LogP contribution in [0.15, 0.2) is 60.7 Å². The van der Waals surface area contributed by atoms with Gasteiger partial charge in [-0.25, -0.2) is 13.6 Å². The Bertz CT molecular complexity index is 1090. The minimum Gasteiger partial charge on any atom is -0.486 e. The molecule has 186 valence electrons. The van der Waals surface area contributed by atoms with Crippen molar-refractivity contribution in [3.63, 3.8) is 0 Å². The van der Waals surface area contributed by atoms with Crippen molar-refractivity contribution in [3.8, 4) is 11.5 Å². The number of esters is 1. The maximum Gasteiger partial charge on any atom is 0.343 e. The molecule has 2 aromatic carbocycles. The van der Waals surface area contributed by atoms with E-state index in [0.717, 1.165) is 31.2 Å². The van der Waals surface area contributed by atoms with Crippen LogP contribution in [-0.4, -0.2) is 12.6 Å². The van der Waals surface area contributed by atoms with Crippen molar-refractivity contribution in [2.45, 2.75) is 58.3 Å². The van der Waals surface area contributed by atoms with E-state index in [2.05, 4.69) is 19.1 Å². The number of hydrogen-bond acceptors (Lipinski definition) is 3. The van der Waals surface area contributed by atoms with Crippen LogP contribution in [0.5, 0.6) is 11.5 Å². The summed E-state index contributed by atoms with van der Waals surface area (Å²) in [4.78, 5) is 12.6. The molecule has 0 aliphatic heterocycles. The predicted molar refractivity (Wildman–Crippen MR) is 134 cm³/mol. The molecule has 2 aliphatic carbocycles. The second kappa shape index (κ2) is 11.7. The van der Waals surface area contributed by atoms with Crippen molar-refractivity contribution < 1.29 is 23.0 Å². The normalized spacial score (nSPS) is 24.5. The first kappa shape index (κ1) is 25.2. The van der Waals surface area contributed by atoms with Crippen LogP contribution in [0.2, 0.25) is 0 Å². The van der Waals surface area contributed by atoms with Crippen molar-refractivity contribution in [2.75, 3.05) is 6.61 Å². The Morgan fingerprint density at radius 2 is 1.74 bits per heavy atom. The Morgan fingerprint density at radius 3 is 2.49 bits per heavy atom. The van der Waals surface area contributed by atoms with Gasteiger partial charge in [-0.3, -0.25) is 0 Å². The minimum absolute atomic E-state index is 0.0437. The number of allylic oxidation sites excluding steroid dienone is 3. The van der Waals surface area contributed by atoms with Crippen LogP contribution in [0.4, 0.5) is 8.78 Å². The summed E-state index contributed by atoms with van der Waals surface area (Å²) in [6, 6.07) is 8.55. The van der Waals surface area contributed by atoms with Crippen LogP contribution in [0.1, 0.15) is 74.2 Å². The third kappa shape index (κ3) is 6.19. The fraction of sp³-hybridized carbons (Fsp3) is 0.433. The van der Waals surface area contributed by atoms with Gasteiger partial charge in [0.15, 0.2) is 11.6 Å². The Kier molecular flexibility index (Phi) is 8.37. The lowest BCUT2D eigenvalue weighted by Crippen LogP contribution is -2.30. The SMILES string of the molecule is C/C=C/COc1ccc(OC(=O)c2ccc(C3CCC4CC(/C=C/C)CCC4C3)c(F)c2)cc1F. The summed E-state index contributed by atoms with van der Waals surface area (Å²) < 4.78 is 39.9. The lowest BCUT2D eigenvalue weighted by Gasteiger charge is -2.41. The highest BCUT2D eigenvalue weighted by atomic mass is 19.1. The average Bonchev–Trinajstić information content (AvgIpc) is 2.85. The van der Waals surface area contributed by atoms with Crippen molar-refractivity contribution in [3.05, 3.63) is 83.5 Å². The van der Waals surface area contributed by atoms with E-state index >= 15 is 4.39 Å². The second-order valence-electron chi connectivity index (χ2n) is 9.73. The van der Waals surface area contributed by atoms with Gasteiger partial charge in [0, 0.05) is 6.07 Å². The summed E-state index contributed by atoms with van der Waals surface area (Å²) in [5.74, 6) is 0.659. The zero-order chi connectivity index (χ0) is 24.8. The summed E-state index contributed by atoms with van der Waals surface area (Å²) in [5.41, 5.74) is 0.796. The fourth-order valence-corrected chi connectivity index (χ4v) is 5.70. The molecule has 4 atom stereocenters. The Hall–Kier alpha value is -2.95. The highest BCUT2D eigenvalue weighted by Crippen LogP contribution is 2.48. The van der Waals surface area contributed by atoms with Gasteiger partial charge in [-0.15, -0.1) is 0 Å². The molecule has 2 aromatic rings. The number of fused-ring (bicyclic) bond motifs is 1. The first-order valence-corrected chi connectivity index (χ1v) is 12.7. The number of ether oxygens (including phenoxy) is 2. The topological polar surface area (TPSA) is 35.5 Å². The maximum atomic E-state index is 15.1.